The highest BCUT2D eigenvalue weighted by atomic mass is 19.4. The van der Waals surface area contributed by atoms with Crippen molar-refractivity contribution in [1.82, 2.24) is 9.97 Å². The molecular weight excluding hydrogens is 403 g/mol. The first-order chi connectivity index (χ1) is 14.5. The molecule has 31 heavy (non-hydrogen) atoms. The van der Waals surface area contributed by atoms with E-state index in [2.05, 4.69) is 16.5 Å². The molecule has 170 valence electrons. The number of aromatic amines is 1. The molecule has 7 heteroatoms. The van der Waals surface area contributed by atoms with Gasteiger partial charge in [-0.25, -0.2) is 4.98 Å². The predicted octanol–water partition coefficient (Wildman–Crippen LogP) is 6.69. The fourth-order valence-corrected chi connectivity index (χ4v) is 3.08. The molecule has 1 aromatic heterocycles. The third-order valence-electron chi connectivity index (χ3n) is 4.94. The number of nitrogens with zero attached hydrogens (tertiary/aromatic N) is 2. The van der Waals surface area contributed by atoms with Crippen LogP contribution in [0.2, 0.25) is 0 Å². The number of hydrogen-bond donors (Lipinski definition) is 1. The minimum atomic E-state index is -4.38. The molecule has 2 aromatic rings. The Bertz CT molecular complexity index is 973. The van der Waals surface area contributed by atoms with Crippen LogP contribution in [0.1, 0.15) is 69.6 Å². The summed E-state index contributed by atoms with van der Waals surface area (Å²) in [5, 5.41) is 0. The molecule has 1 N–H and O–H groups in total. The molecule has 0 fully saturated rings. The van der Waals surface area contributed by atoms with E-state index in [1.807, 2.05) is 40.7 Å². The molecular formula is C24H32F3N3O. The quantitative estimate of drug-likeness (QED) is 0.514. The van der Waals surface area contributed by atoms with Crippen LogP contribution in [-0.4, -0.2) is 17.0 Å². The van der Waals surface area contributed by atoms with Crippen molar-refractivity contribution in [3.05, 3.63) is 75.4 Å². The molecule has 0 radical (unpaired) electrons. The highest BCUT2D eigenvalue weighted by molar-refractivity contribution is 5.82. The molecule has 1 unspecified atom stereocenters. The Labute approximate surface area is 182 Å². The van der Waals surface area contributed by atoms with Gasteiger partial charge >= 0.3 is 6.18 Å². The lowest BCUT2D eigenvalue weighted by Crippen LogP contribution is -2.28. The van der Waals surface area contributed by atoms with Gasteiger partial charge in [-0.2, -0.15) is 13.2 Å². The molecule has 0 aliphatic heterocycles. The van der Waals surface area contributed by atoms with Gasteiger partial charge in [0, 0.05) is 7.05 Å². The Morgan fingerprint density at radius 1 is 1.26 bits per heavy atom. The van der Waals surface area contributed by atoms with E-state index >= 15 is 0 Å². The van der Waals surface area contributed by atoms with Gasteiger partial charge < -0.3 is 9.88 Å². The summed E-state index contributed by atoms with van der Waals surface area (Å²) in [6.45, 7) is 15.5. The smallest absolute Gasteiger partial charge is 0.352 e. The number of benzene rings is 1. The van der Waals surface area contributed by atoms with Crippen LogP contribution in [0.3, 0.4) is 0 Å². The van der Waals surface area contributed by atoms with Crippen molar-refractivity contribution in [3.63, 3.8) is 0 Å². The van der Waals surface area contributed by atoms with E-state index in [1.165, 1.54) is 12.1 Å². The van der Waals surface area contributed by atoms with E-state index in [9.17, 15) is 18.0 Å². The Hall–Kier alpha value is -2.83. The molecule has 2 rings (SSSR count). The number of rotatable bonds is 6. The summed E-state index contributed by atoms with van der Waals surface area (Å²) in [6.07, 6.45) is -1.60. The Morgan fingerprint density at radius 3 is 2.29 bits per heavy atom. The van der Waals surface area contributed by atoms with Crippen molar-refractivity contribution in [1.29, 1.82) is 0 Å². The Balaban J connectivity index is 0.00000233. The fourth-order valence-electron chi connectivity index (χ4n) is 3.08. The summed E-state index contributed by atoms with van der Waals surface area (Å²) in [5.74, 6) is 0.887. The van der Waals surface area contributed by atoms with E-state index in [-0.39, 0.29) is 11.6 Å². The van der Waals surface area contributed by atoms with Crippen LogP contribution in [0.15, 0.2) is 47.3 Å². The summed E-state index contributed by atoms with van der Waals surface area (Å²) in [6, 6.07) is 4.70. The summed E-state index contributed by atoms with van der Waals surface area (Å²) in [7, 11) is 1.76. The van der Waals surface area contributed by atoms with Crippen molar-refractivity contribution in [2.45, 2.75) is 60.2 Å². The van der Waals surface area contributed by atoms with Gasteiger partial charge in [-0.05, 0) is 56.0 Å². The van der Waals surface area contributed by atoms with Crippen molar-refractivity contribution in [3.8, 4) is 0 Å². The fraction of sp³-hybridized carbons (Fsp3) is 0.417. The van der Waals surface area contributed by atoms with Gasteiger partial charge in [-0.15, -0.1) is 0 Å². The molecule has 0 saturated heterocycles. The van der Waals surface area contributed by atoms with Crippen LogP contribution in [-0.2, 0) is 6.18 Å². The molecule has 4 nitrogen and oxygen atoms in total. The van der Waals surface area contributed by atoms with Crippen LogP contribution in [0.25, 0.3) is 5.57 Å². The monoisotopic (exact) mass is 435 g/mol. The normalized spacial score (nSPS) is 12.6. The third kappa shape index (κ3) is 6.32. The largest absolute Gasteiger partial charge is 0.416 e. The summed E-state index contributed by atoms with van der Waals surface area (Å²) in [5.41, 5.74) is 1.49. The van der Waals surface area contributed by atoms with Crippen LogP contribution >= 0.6 is 0 Å². The lowest BCUT2D eigenvalue weighted by Gasteiger charge is -2.29. The third-order valence-corrected chi connectivity index (χ3v) is 4.94. The number of anilines is 1. The van der Waals surface area contributed by atoms with Crippen molar-refractivity contribution >= 4 is 11.4 Å². The Kier molecular flexibility index (Phi) is 9.28. The number of hydrogen-bond acceptors (Lipinski definition) is 3. The Morgan fingerprint density at radius 2 is 1.81 bits per heavy atom. The first-order valence-electron chi connectivity index (χ1n) is 10.3. The number of alkyl halides is 3. The van der Waals surface area contributed by atoms with Gasteiger partial charge in [0.1, 0.15) is 11.6 Å². The molecule has 0 aliphatic carbocycles. The number of H-pyrrole nitrogens is 1. The van der Waals surface area contributed by atoms with Crippen molar-refractivity contribution in [2.24, 2.45) is 0 Å². The molecule has 0 aliphatic rings. The second-order valence-corrected chi connectivity index (χ2v) is 7.03. The van der Waals surface area contributed by atoms with Gasteiger partial charge in [0.15, 0.2) is 0 Å². The average Bonchev–Trinajstić information content (AvgIpc) is 2.72. The van der Waals surface area contributed by atoms with Crippen molar-refractivity contribution < 1.29 is 13.2 Å². The zero-order valence-electron chi connectivity index (χ0n) is 19.3. The number of aromatic nitrogens is 2. The van der Waals surface area contributed by atoms with E-state index in [4.69, 9.17) is 0 Å². The first kappa shape index (κ1) is 26.2. The SMILES string of the molecule is C=C(/C(C)=C/CC)c1c(N(C)C(C)c2ccc(C(F)(F)F)cc2)nc(C)[nH]c1=O.CC. The second kappa shape index (κ2) is 11.0. The summed E-state index contributed by atoms with van der Waals surface area (Å²) >= 11 is 0. The van der Waals surface area contributed by atoms with Crippen LogP contribution < -0.4 is 10.5 Å². The van der Waals surface area contributed by atoms with E-state index in [1.54, 1.807) is 18.9 Å². The van der Waals surface area contributed by atoms with Gasteiger partial charge in [0.05, 0.1) is 17.2 Å². The topological polar surface area (TPSA) is 49.0 Å². The minimum Gasteiger partial charge on any atom is -0.352 e. The highest BCUT2D eigenvalue weighted by Gasteiger charge is 2.30. The number of allylic oxidation sites excluding steroid dienone is 3. The maximum atomic E-state index is 12.8. The minimum absolute atomic E-state index is 0.298. The molecule has 0 spiro atoms. The van der Waals surface area contributed by atoms with Crippen molar-refractivity contribution in [2.75, 3.05) is 11.9 Å². The van der Waals surface area contributed by atoms with E-state index in [0.717, 1.165) is 24.1 Å². The number of nitrogens with one attached hydrogen (secondary N) is 1. The lowest BCUT2D eigenvalue weighted by molar-refractivity contribution is -0.137. The maximum absolute atomic E-state index is 12.8. The van der Waals surface area contributed by atoms with Crippen LogP contribution in [0.4, 0.5) is 19.0 Å². The van der Waals surface area contributed by atoms with E-state index in [0.29, 0.717) is 28.3 Å². The predicted molar refractivity (Wildman–Crippen MR) is 122 cm³/mol. The van der Waals surface area contributed by atoms with E-state index < -0.39 is 11.7 Å². The van der Waals surface area contributed by atoms with Crippen LogP contribution in [0, 0.1) is 6.92 Å². The van der Waals surface area contributed by atoms with Gasteiger partial charge in [0.2, 0.25) is 0 Å². The summed E-state index contributed by atoms with van der Waals surface area (Å²) < 4.78 is 38.5. The lowest BCUT2D eigenvalue weighted by atomic mass is 9.99. The number of halogens is 3. The molecule has 0 amide bonds. The first-order valence-corrected chi connectivity index (χ1v) is 10.3. The van der Waals surface area contributed by atoms with Gasteiger partial charge in [0.25, 0.3) is 5.56 Å². The zero-order chi connectivity index (χ0) is 23.9. The van der Waals surface area contributed by atoms with Gasteiger partial charge in [-0.1, -0.05) is 45.6 Å². The molecule has 0 saturated carbocycles. The highest BCUT2D eigenvalue weighted by Crippen LogP contribution is 2.33. The molecule has 1 aromatic carbocycles. The maximum Gasteiger partial charge on any atom is 0.416 e. The summed E-state index contributed by atoms with van der Waals surface area (Å²) in [4.78, 5) is 21.7. The second-order valence-electron chi connectivity index (χ2n) is 7.03. The van der Waals surface area contributed by atoms with Crippen LogP contribution in [0.5, 0.6) is 0 Å². The zero-order valence-corrected chi connectivity index (χ0v) is 19.3. The number of aryl methyl sites for hydroxylation is 1. The molecule has 1 atom stereocenters. The van der Waals surface area contributed by atoms with Gasteiger partial charge in [-0.3, -0.25) is 4.79 Å². The molecule has 0 bridgehead atoms. The average molecular weight is 436 g/mol. The molecule has 1 heterocycles. The standard InChI is InChI=1S/C22H26F3N3O.C2H6/c1-7-8-13(2)14(3)19-20(26-16(5)27-21(19)29)28(6)15(4)17-9-11-18(12-10-17)22(23,24)25;1-2/h8-12,15H,3,7H2,1-2,4-6H3,(H,26,27,29);1-2H3/b13-8+;.